The van der Waals surface area contributed by atoms with Crippen LogP contribution in [-0.2, 0) is 20.9 Å². The summed E-state index contributed by atoms with van der Waals surface area (Å²) in [5.41, 5.74) is 0.938. The molecule has 3 nitrogen and oxygen atoms in total. The van der Waals surface area contributed by atoms with Gasteiger partial charge in [-0.1, -0.05) is 63.4 Å². The second-order valence-corrected chi connectivity index (χ2v) is 5.39. The molecule has 0 bridgehead atoms. The summed E-state index contributed by atoms with van der Waals surface area (Å²) in [7, 11) is 0. The van der Waals surface area contributed by atoms with Gasteiger partial charge in [-0.25, -0.2) is 0 Å². The Hall–Kier alpha value is -1.64. The summed E-state index contributed by atoms with van der Waals surface area (Å²) in [5.74, 6) is -0.398. The molecule has 1 aromatic carbocycles. The third-order valence-corrected chi connectivity index (χ3v) is 3.67. The lowest BCUT2D eigenvalue weighted by Gasteiger charge is -2.13. The maximum absolute atomic E-state index is 12.1. The van der Waals surface area contributed by atoms with Gasteiger partial charge in [-0.15, -0.1) is 0 Å². The highest BCUT2D eigenvalue weighted by Crippen LogP contribution is 2.16. The van der Waals surface area contributed by atoms with Crippen LogP contribution in [-0.4, -0.2) is 11.8 Å². The summed E-state index contributed by atoms with van der Waals surface area (Å²) in [6.45, 7) is 4.38. The van der Waals surface area contributed by atoms with Crippen molar-refractivity contribution in [1.82, 2.24) is 0 Å². The molecule has 3 heteroatoms. The fourth-order valence-electron chi connectivity index (χ4n) is 2.31. The zero-order valence-corrected chi connectivity index (χ0v) is 13.1. The lowest BCUT2D eigenvalue weighted by Crippen LogP contribution is -2.19. The van der Waals surface area contributed by atoms with E-state index in [0.717, 1.165) is 37.7 Å². The number of benzene rings is 1. The Labute approximate surface area is 127 Å². The smallest absolute Gasteiger partial charge is 0.313 e. The number of ketones is 1. The lowest BCUT2D eigenvalue weighted by atomic mass is 9.92. The molecule has 0 heterocycles. The monoisotopic (exact) mass is 290 g/mol. The molecule has 0 radical (unpaired) electrons. The average Bonchev–Trinajstić information content (AvgIpc) is 2.50. The number of rotatable bonds is 10. The Bertz CT molecular complexity index is 425. The van der Waals surface area contributed by atoms with Crippen LogP contribution in [0.4, 0.5) is 0 Å². The molecule has 1 aromatic rings. The van der Waals surface area contributed by atoms with Gasteiger partial charge in [0.25, 0.3) is 0 Å². The first-order valence-electron chi connectivity index (χ1n) is 7.89. The molecule has 0 spiro atoms. The fraction of sp³-hybridized carbons (Fsp3) is 0.556. The quantitative estimate of drug-likeness (QED) is 0.366. The van der Waals surface area contributed by atoms with Crippen molar-refractivity contribution in [2.24, 2.45) is 5.92 Å². The van der Waals surface area contributed by atoms with E-state index < -0.39 is 5.97 Å². The summed E-state index contributed by atoms with van der Waals surface area (Å²) < 4.78 is 5.16. The molecule has 0 fully saturated rings. The maximum Gasteiger partial charge on any atom is 0.313 e. The van der Waals surface area contributed by atoms with Crippen LogP contribution in [0, 0.1) is 5.92 Å². The molecule has 0 aromatic heterocycles. The fourth-order valence-corrected chi connectivity index (χ4v) is 2.31. The Balaban J connectivity index is 2.33. The molecular weight excluding hydrogens is 264 g/mol. The van der Waals surface area contributed by atoms with Crippen LogP contribution in [0.3, 0.4) is 0 Å². The molecule has 1 atom stereocenters. The number of unbranched alkanes of at least 4 members (excludes halogenated alkanes) is 2. The molecule has 116 valence electrons. The van der Waals surface area contributed by atoms with Crippen molar-refractivity contribution in [2.75, 3.05) is 0 Å². The van der Waals surface area contributed by atoms with Crippen LogP contribution in [0.5, 0.6) is 0 Å². The molecule has 0 aliphatic heterocycles. The van der Waals surface area contributed by atoms with Gasteiger partial charge < -0.3 is 4.74 Å². The molecule has 1 unspecified atom stereocenters. The van der Waals surface area contributed by atoms with E-state index in [9.17, 15) is 9.59 Å². The maximum atomic E-state index is 12.1. The number of hydrogen-bond acceptors (Lipinski definition) is 3. The van der Waals surface area contributed by atoms with Crippen LogP contribution < -0.4 is 0 Å². The van der Waals surface area contributed by atoms with Crippen molar-refractivity contribution < 1.29 is 14.3 Å². The van der Waals surface area contributed by atoms with Gasteiger partial charge in [0.15, 0.2) is 0 Å². The van der Waals surface area contributed by atoms with E-state index in [2.05, 4.69) is 6.92 Å². The van der Waals surface area contributed by atoms with Gasteiger partial charge in [0.05, 0.1) is 0 Å². The van der Waals surface area contributed by atoms with Crippen LogP contribution in [0.1, 0.15) is 57.9 Å². The lowest BCUT2D eigenvalue weighted by molar-refractivity contribution is -0.148. The normalized spacial score (nSPS) is 11.9. The van der Waals surface area contributed by atoms with E-state index in [4.69, 9.17) is 4.74 Å². The highest BCUT2D eigenvalue weighted by atomic mass is 16.5. The second-order valence-electron chi connectivity index (χ2n) is 5.39. The third kappa shape index (κ3) is 7.07. The summed E-state index contributed by atoms with van der Waals surface area (Å²) in [5, 5.41) is 0. The zero-order valence-electron chi connectivity index (χ0n) is 13.1. The minimum absolute atomic E-state index is 0.000764. The first-order chi connectivity index (χ1) is 10.2. The van der Waals surface area contributed by atoms with Gasteiger partial charge in [0.1, 0.15) is 18.8 Å². The molecule has 21 heavy (non-hydrogen) atoms. The molecule has 0 N–H and O–H groups in total. The number of carbonyl (C=O) groups is 2. The number of esters is 1. The van der Waals surface area contributed by atoms with Crippen molar-refractivity contribution in [3.8, 4) is 0 Å². The molecule has 1 rings (SSSR count). The Kier molecular flexibility index (Phi) is 8.41. The second kappa shape index (κ2) is 10.1. The summed E-state index contributed by atoms with van der Waals surface area (Å²) >= 11 is 0. The number of carbonyl (C=O) groups excluding carboxylic acids is 2. The molecule has 0 amide bonds. The highest BCUT2D eigenvalue weighted by molar-refractivity contribution is 5.96. The van der Waals surface area contributed by atoms with Crippen molar-refractivity contribution in [1.29, 1.82) is 0 Å². The molecule has 0 saturated heterocycles. The van der Waals surface area contributed by atoms with Gasteiger partial charge >= 0.3 is 5.97 Å². The van der Waals surface area contributed by atoms with Gasteiger partial charge in [0, 0.05) is 5.92 Å². The van der Waals surface area contributed by atoms with Gasteiger partial charge in [-0.3, -0.25) is 9.59 Å². The summed E-state index contributed by atoms with van der Waals surface area (Å²) in [6, 6.07) is 9.50. The Morgan fingerprint density at radius 2 is 1.81 bits per heavy atom. The zero-order chi connectivity index (χ0) is 15.5. The first kappa shape index (κ1) is 17.4. The van der Waals surface area contributed by atoms with E-state index in [1.165, 1.54) is 0 Å². The molecule has 0 saturated carbocycles. The van der Waals surface area contributed by atoms with E-state index in [-0.39, 0.29) is 24.7 Å². The van der Waals surface area contributed by atoms with E-state index in [1.807, 2.05) is 37.3 Å². The van der Waals surface area contributed by atoms with Crippen LogP contribution in [0.2, 0.25) is 0 Å². The van der Waals surface area contributed by atoms with E-state index >= 15 is 0 Å². The summed E-state index contributed by atoms with van der Waals surface area (Å²) in [6.07, 6.45) is 4.92. The number of Topliss-reactive ketones (excluding diaryl/α,β-unsaturated/α-hetero) is 1. The van der Waals surface area contributed by atoms with Gasteiger partial charge in [-0.05, 0) is 18.4 Å². The number of hydrogen-bond donors (Lipinski definition) is 0. The highest BCUT2D eigenvalue weighted by Gasteiger charge is 2.19. The van der Waals surface area contributed by atoms with Crippen LogP contribution in [0.25, 0.3) is 0 Å². The standard InChI is InChI=1S/C18H26O3/c1-3-5-7-12-16(4-2)17(19)13-18(20)21-14-15-10-8-6-9-11-15/h6,8-11,16H,3-5,7,12-14H2,1-2H3. The predicted octanol–water partition coefficient (Wildman–Crippen LogP) is 4.30. The molecule has 0 aliphatic rings. The van der Waals surface area contributed by atoms with Gasteiger partial charge in [-0.2, -0.15) is 0 Å². The Morgan fingerprint density at radius 3 is 2.43 bits per heavy atom. The summed E-state index contributed by atoms with van der Waals surface area (Å²) in [4.78, 5) is 23.8. The third-order valence-electron chi connectivity index (χ3n) is 3.67. The largest absolute Gasteiger partial charge is 0.460 e. The SMILES string of the molecule is CCCCCC(CC)C(=O)CC(=O)OCc1ccccc1. The van der Waals surface area contributed by atoms with Crippen LogP contribution >= 0.6 is 0 Å². The molecular formula is C18H26O3. The van der Waals surface area contributed by atoms with Gasteiger partial charge in [0.2, 0.25) is 0 Å². The van der Waals surface area contributed by atoms with E-state index in [1.54, 1.807) is 0 Å². The van der Waals surface area contributed by atoms with Crippen molar-refractivity contribution >= 4 is 11.8 Å². The number of ether oxygens (including phenoxy) is 1. The van der Waals surface area contributed by atoms with Crippen molar-refractivity contribution in [3.63, 3.8) is 0 Å². The van der Waals surface area contributed by atoms with E-state index in [0.29, 0.717) is 0 Å². The average molecular weight is 290 g/mol. The minimum atomic E-state index is -0.419. The Morgan fingerprint density at radius 1 is 1.10 bits per heavy atom. The van der Waals surface area contributed by atoms with Crippen LogP contribution in [0.15, 0.2) is 30.3 Å². The topological polar surface area (TPSA) is 43.4 Å². The van der Waals surface area contributed by atoms with Crippen molar-refractivity contribution in [3.05, 3.63) is 35.9 Å². The van der Waals surface area contributed by atoms with Crippen molar-refractivity contribution in [2.45, 2.75) is 59.0 Å². The molecule has 0 aliphatic carbocycles. The minimum Gasteiger partial charge on any atom is -0.460 e. The predicted molar refractivity (Wildman–Crippen MR) is 83.8 cm³/mol. The first-order valence-corrected chi connectivity index (χ1v) is 7.89.